The van der Waals surface area contributed by atoms with Gasteiger partial charge in [-0.1, -0.05) is 51.9 Å². The predicted octanol–water partition coefficient (Wildman–Crippen LogP) is 3.33. The fourth-order valence-corrected chi connectivity index (χ4v) is 2.81. The van der Waals surface area contributed by atoms with Gasteiger partial charge in [-0.2, -0.15) is 0 Å². The highest BCUT2D eigenvalue weighted by Crippen LogP contribution is 2.33. The molecule has 0 amide bonds. The minimum absolute atomic E-state index is 0.890. The first-order chi connectivity index (χ1) is 6.38. The molecule has 0 bridgehead atoms. The zero-order valence-corrected chi connectivity index (χ0v) is 9.10. The normalized spacial score (nSPS) is 21.7. The van der Waals surface area contributed by atoms with Gasteiger partial charge in [-0.25, -0.2) is 0 Å². The van der Waals surface area contributed by atoms with Crippen molar-refractivity contribution in [3.05, 3.63) is 0 Å². The minimum atomic E-state index is 0.890. The first kappa shape index (κ1) is 11.0. The first-order valence-electron chi connectivity index (χ1n) is 6.08. The van der Waals surface area contributed by atoms with Gasteiger partial charge in [0.2, 0.25) is 0 Å². The van der Waals surface area contributed by atoms with Crippen molar-refractivity contribution in [2.45, 2.75) is 58.3 Å². The monoisotopic (exact) mass is 183 g/mol. The van der Waals surface area contributed by atoms with Crippen LogP contribution in [0.1, 0.15) is 58.3 Å². The Labute approximate surface area is 83.1 Å². The van der Waals surface area contributed by atoms with Crippen molar-refractivity contribution in [2.75, 3.05) is 6.54 Å². The highest BCUT2D eigenvalue weighted by molar-refractivity contribution is 4.74. The predicted molar refractivity (Wildman–Crippen MR) is 58.6 cm³/mol. The van der Waals surface area contributed by atoms with Gasteiger partial charge in [0.1, 0.15) is 0 Å². The van der Waals surface area contributed by atoms with Gasteiger partial charge in [0.05, 0.1) is 0 Å². The standard InChI is InChI=1S/C12H25N/c1-2-6-11(9-10-13)12-7-4-3-5-8-12/h11-12H,2-10,13H2,1H3. The molecule has 0 radical (unpaired) electrons. The quantitative estimate of drug-likeness (QED) is 0.695. The summed E-state index contributed by atoms with van der Waals surface area (Å²) < 4.78 is 0. The van der Waals surface area contributed by atoms with Crippen LogP contribution < -0.4 is 5.73 Å². The van der Waals surface area contributed by atoms with E-state index in [4.69, 9.17) is 5.73 Å². The van der Waals surface area contributed by atoms with Crippen LogP contribution in [0.25, 0.3) is 0 Å². The molecule has 1 unspecified atom stereocenters. The van der Waals surface area contributed by atoms with E-state index in [-0.39, 0.29) is 0 Å². The summed E-state index contributed by atoms with van der Waals surface area (Å²) in [6.45, 7) is 3.19. The minimum Gasteiger partial charge on any atom is -0.330 e. The van der Waals surface area contributed by atoms with Crippen LogP contribution in [0.4, 0.5) is 0 Å². The maximum absolute atomic E-state index is 5.67. The molecule has 0 spiro atoms. The van der Waals surface area contributed by atoms with Crippen LogP contribution in [-0.4, -0.2) is 6.54 Å². The van der Waals surface area contributed by atoms with Gasteiger partial charge in [0, 0.05) is 0 Å². The van der Waals surface area contributed by atoms with Crippen LogP contribution >= 0.6 is 0 Å². The van der Waals surface area contributed by atoms with E-state index in [9.17, 15) is 0 Å². The van der Waals surface area contributed by atoms with Gasteiger partial charge in [-0.15, -0.1) is 0 Å². The molecule has 0 aromatic carbocycles. The molecule has 78 valence electrons. The lowest BCUT2D eigenvalue weighted by molar-refractivity contribution is 0.225. The maximum atomic E-state index is 5.67. The van der Waals surface area contributed by atoms with Crippen LogP contribution in [0.15, 0.2) is 0 Å². The topological polar surface area (TPSA) is 26.0 Å². The fraction of sp³-hybridized carbons (Fsp3) is 1.00. The Bertz CT molecular complexity index is 110. The molecular weight excluding hydrogens is 158 g/mol. The molecular formula is C12H25N. The number of hydrogen-bond acceptors (Lipinski definition) is 1. The third-order valence-corrected chi connectivity index (χ3v) is 3.51. The summed E-state index contributed by atoms with van der Waals surface area (Å²) in [6, 6.07) is 0. The molecule has 1 fully saturated rings. The van der Waals surface area contributed by atoms with Gasteiger partial charge >= 0.3 is 0 Å². The van der Waals surface area contributed by atoms with Crippen molar-refractivity contribution in [3.63, 3.8) is 0 Å². The van der Waals surface area contributed by atoms with Gasteiger partial charge in [-0.3, -0.25) is 0 Å². The van der Waals surface area contributed by atoms with E-state index in [0.29, 0.717) is 0 Å². The summed E-state index contributed by atoms with van der Waals surface area (Å²) >= 11 is 0. The SMILES string of the molecule is CCCC(CCN)C1CCCCC1. The third kappa shape index (κ3) is 3.68. The summed E-state index contributed by atoms with van der Waals surface area (Å²) in [5, 5.41) is 0. The van der Waals surface area contributed by atoms with Crippen LogP contribution in [0.2, 0.25) is 0 Å². The molecule has 1 aliphatic rings. The average Bonchev–Trinajstić information content (AvgIpc) is 2.19. The summed E-state index contributed by atoms with van der Waals surface area (Å²) in [4.78, 5) is 0. The number of rotatable bonds is 5. The highest BCUT2D eigenvalue weighted by atomic mass is 14.5. The molecule has 1 nitrogen and oxygen atoms in total. The fourth-order valence-electron chi connectivity index (χ4n) is 2.81. The molecule has 0 saturated heterocycles. The van der Waals surface area contributed by atoms with Crippen LogP contribution in [0.5, 0.6) is 0 Å². The molecule has 2 N–H and O–H groups in total. The van der Waals surface area contributed by atoms with Crippen molar-refractivity contribution in [3.8, 4) is 0 Å². The van der Waals surface area contributed by atoms with E-state index in [1.54, 1.807) is 0 Å². The second kappa shape index (κ2) is 6.42. The van der Waals surface area contributed by atoms with E-state index in [1.165, 1.54) is 51.4 Å². The molecule has 13 heavy (non-hydrogen) atoms. The first-order valence-corrected chi connectivity index (χ1v) is 6.08. The Kier molecular flexibility index (Phi) is 5.45. The summed E-state index contributed by atoms with van der Waals surface area (Å²) in [5.41, 5.74) is 5.67. The van der Waals surface area contributed by atoms with E-state index in [2.05, 4.69) is 6.92 Å². The van der Waals surface area contributed by atoms with E-state index < -0.39 is 0 Å². The Morgan fingerprint density at radius 3 is 2.38 bits per heavy atom. The lowest BCUT2D eigenvalue weighted by Gasteiger charge is -2.29. The zero-order valence-electron chi connectivity index (χ0n) is 9.10. The Morgan fingerprint density at radius 2 is 1.85 bits per heavy atom. The molecule has 1 heteroatoms. The van der Waals surface area contributed by atoms with Gasteiger partial charge in [0.25, 0.3) is 0 Å². The van der Waals surface area contributed by atoms with Crippen molar-refractivity contribution in [1.29, 1.82) is 0 Å². The molecule has 1 rings (SSSR count). The Morgan fingerprint density at radius 1 is 1.15 bits per heavy atom. The third-order valence-electron chi connectivity index (χ3n) is 3.51. The highest BCUT2D eigenvalue weighted by Gasteiger charge is 2.21. The molecule has 0 aromatic rings. The van der Waals surface area contributed by atoms with E-state index >= 15 is 0 Å². The summed E-state index contributed by atoms with van der Waals surface area (Å²) in [6.07, 6.45) is 11.4. The Balaban J connectivity index is 2.32. The molecule has 0 heterocycles. The lowest BCUT2D eigenvalue weighted by Crippen LogP contribution is -2.20. The summed E-state index contributed by atoms with van der Waals surface area (Å²) in [5.74, 6) is 1.95. The number of nitrogens with two attached hydrogens (primary N) is 1. The van der Waals surface area contributed by atoms with Crippen molar-refractivity contribution in [2.24, 2.45) is 17.6 Å². The zero-order chi connectivity index (χ0) is 9.52. The number of hydrogen-bond donors (Lipinski definition) is 1. The molecule has 1 aliphatic carbocycles. The average molecular weight is 183 g/mol. The summed E-state index contributed by atoms with van der Waals surface area (Å²) in [7, 11) is 0. The smallest absolute Gasteiger partial charge is 0.00745 e. The molecule has 1 atom stereocenters. The largest absolute Gasteiger partial charge is 0.330 e. The van der Waals surface area contributed by atoms with Crippen LogP contribution in [0.3, 0.4) is 0 Å². The van der Waals surface area contributed by atoms with E-state index in [0.717, 1.165) is 18.4 Å². The molecule has 1 saturated carbocycles. The van der Waals surface area contributed by atoms with Gasteiger partial charge < -0.3 is 5.73 Å². The second-order valence-corrected chi connectivity index (χ2v) is 4.52. The van der Waals surface area contributed by atoms with Crippen LogP contribution in [0, 0.1) is 11.8 Å². The Hall–Kier alpha value is -0.0400. The van der Waals surface area contributed by atoms with Gasteiger partial charge in [-0.05, 0) is 24.8 Å². The van der Waals surface area contributed by atoms with Gasteiger partial charge in [0.15, 0.2) is 0 Å². The second-order valence-electron chi connectivity index (χ2n) is 4.52. The lowest BCUT2D eigenvalue weighted by atomic mass is 9.77. The van der Waals surface area contributed by atoms with E-state index in [1.807, 2.05) is 0 Å². The maximum Gasteiger partial charge on any atom is -0.00745 e. The van der Waals surface area contributed by atoms with Crippen molar-refractivity contribution < 1.29 is 0 Å². The van der Waals surface area contributed by atoms with Crippen molar-refractivity contribution in [1.82, 2.24) is 0 Å². The van der Waals surface area contributed by atoms with Crippen molar-refractivity contribution >= 4 is 0 Å². The molecule has 0 aromatic heterocycles. The molecule has 0 aliphatic heterocycles. The van der Waals surface area contributed by atoms with Crippen LogP contribution in [-0.2, 0) is 0 Å².